The summed E-state index contributed by atoms with van der Waals surface area (Å²) in [4.78, 5) is 34.4. The molecule has 0 aliphatic heterocycles. The first-order chi connectivity index (χ1) is 15.5. The number of urea groups is 1. The van der Waals surface area contributed by atoms with Gasteiger partial charge in [-0.1, -0.05) is 23.7 Å². The van der Waals surface area contributed by atoms with E-state index in [1.165, 1.54) is 0 Å². The van der Waals surface area contributed by atoms with E-state index >= 15 is 0 Å². The first-order valence-electron chi connectivity index (χ1n) is 9.92. The van der Waals surface area contributed by atoms with Gasteiger partial charge >= 0.3 is 6.03 Å². The van der Waals surface area contributed by atoms with E-state index in [2.05, 4.69) is 15.3 Å². The molecular formula is C24H21ClN4O3. The van der Waals surface area contributed by atoms with Crippen molar-refractivity contribution in [2.45, 2.75) is 13.1 Å². The van der Waals surface area contributed by atoms with Crippen LogP contribution in [-0.2, 0) is 13.1 Å². The fourth-order valence-corrected chi connectivity index (χ4v) is 3.55. The van der Waals surface area contributed by atoms with Crippen LogP contribution in [0.2, 0.25) is 5.02 Å². The Morgan fingerprint density at radius 1 is 1.12 bits per heavy atom. The lowest BCUT2D eigenvalue weighted by Crippen LogP contribution is -2.35. The Bertz CT molecular complexity index is 1310. The molecule has 0 saturated heterocycles. The van der Waals surface area contributed by atoms with Crippen LogP contribution in [0.1, 0.15) is 11.1 Å². The van der Waals surface area contributed by atoms with Gasteiger partial charge in [0.05, 0.1) is 13.7 Å². The molecular weight excluding hydrogens is 428 g/mol. The predicted octanol–water partition coefficient (Wildman–Crippen LogP) is 4.82. The van der Waals surface area contributed by atoms with Crippen molar-refractivity contribution in [2.75, 3.05) is 12.4 Å². The van der Waals surface area contributed by atoms with E-state index in [0.717, 1.165) is 10.9 Å². The van der Waals surface area contributed by atoms with Crippen LogP contribution < -0.4 is 15.6 Å². The zero-order chi connectivity index (χ0) is 22.5. The highest BCUT2D eigenvalue weighted by molar-refractivity contribution is 6.30. The van der Waals surface area contributed by atoms with E-state index in [1.54, 1.807) is 72.9 Å². The number of H-pyrrole nitrogens is 1. The van der Waals surface area contributed by atoms with Gasteiger partial charge in [-0.15, -0.1) is 0 Å². The highest BCUT2D eigenvalue weighted by atomic mass is 35.5. The quantitative estimate of drug-likeness (QED) is 0.442. The van der Waals surface area contributed by atoms with E-state index < -0.39 is 0 Å². The number of ether oxygens (including phenoxy) is 1. The number of amides is 2. The number of aromatic amines is 1. The molecule has 2 aromatic heterocycles. The van der Waals surface area contributed by atoms with Crippen molar-refractivity contribution in [1.29, 1.82) is 0 Å². The summed E-state index contributed by atoms with van der Waals surface area (Å²) in [5.74, 6) is 0.682. The number of hydrogen-bond donors (Lipinski definition) is 2. The zero-order valence-corrected chi connectivity index (χ0v) is 18.1. The topological polar surface area (TPSA) is 87.3 Å². The predicted molar refractivity (Wildman–Crippen MR) is 125 cm³/mol. The van der Waals surface area contributed by atoms with Crippen molar-refractivity contribution >= 4 is 34.2 Å². The van der Waals surface area contributed by atoms with Crippen molar-refractivity contribution in [2.24, 2.45) is 0 Å². The summed E-state index contributed by atoms with van der Waals surface area (Å²) in [6.07, 6.45) is 3.36. The molecule has 4 rings (SSSR count). The monoisotopic (exact) mass is 448 g/mol. The molecule has 32 heavy (non-hydrogen) atoms. The summed E-state index contributed by atoms with van der Waals surface area (Å²) in [5, 5.41) is 4.18. The molecule has 4 aromatic rings. The van der Waals surface area contributed by atoms with Crippen molar-refractivity contribution in [3.63, 3.8) is 0 Å². The summed E-state index contributed by atoms with van der Waals surface area (Å²) in [6, 6.07) is 17.4. The first-order valence-corrected chi connectivity index (χ1v) is 10.3. The minimum atomic E-state index is -0.360. The molecule has 8 heteroatoms. The molecule has 2 N–H and O–H groups in total. The second kappa shape index (κ2) is 9.53. The third kappa shape index (κ3) is 5.07. The molecule has 0 atom stereocenters. The number of rotatable bonds is 6. The van der Waals surface area contributed by atoms with Crippen LogP contribution in [0.5, 0.6) is 5.75 Å². The Kier molecular flexibility index (Phi) is 6.37. The average molecular weight is 449 g/mol. The molecule has 0 bridgehead atoms. The number of carbonyl (C=O) groups excluding carboxylic acids is 1. The van der Waals surface area contributed by atoms with Crippen LogP contribution in [0.15, 0.2) is 77.9 Å². The van der Waals surface area contributed by atoms with Crippen LogP contribution in [0.25, 0.3) is 10.9 Å². The molecule has 0 fully saturated rings. The van der Waals surface area contributed by atoms with Crippen molar-refractivity contribution < 1.29 is 9.53 Å². The van der Waals surface area contributed by atoms with Crippen LogP contribution >= 0.6 is 11.6 Å². The standard InChI is InChI=1S/C24H21ClN4O3/c1-32-21-7-8-22-17(11-21)10-18(23(30)28-22)15-29(14-16-4-3-9-26-13-16)24(31)27-20-6-2-5-19(25)12-20/h2-13H,14-15H2,1H3,(H,27,31)(H,28,30). The van der Waals surface area contributed by atoms with E-state index in [1.807, 2.05) is 12.1 Å². The van der Waals surface area contributed by atoms with Gasteiger partial charge in [-0.25, -0.2) is 4.79 Å². The lowest BCUT2D eigenvalue weighted by Gasteiger charge is -2.23. The third-order valence-electron chi connectivity index (χ3n) is 4.95. The molecule has 0 radical (unpaired) electrons. The molecule has 2 amide bonds. The van der Waals surface area contributed by atoms with Crippen LogP contribution in [0.3, 0.4) is 0 Å². The van der Waals surface area contributed by atoms with Gasteiger partial charge in [0, 0.05) is 46.1 Å². The minimum Gasteiger partial charge on any atom is -0.497 e. The molecule has 0 saturated carbocycles. The van der Waals surface area contributed by atoms with Gasteiger partial charge < -0.3 is 19.9 Å². The third-order valence-corrected chi connectivity index (χ3v) is 5.18. The summed E-state index contributed by atoms with van der Waals surface area (Å²) < 4.78 is 5.28. The smallest absolute Gasteiger partial charge is 0.322 e. The maximum atomic E-state index is 13.1. The van der Waals surface area contributed by atoms with Gasteiger partial charge in [0.2, 0.25) is 0 Å². The molecule has 0 aliphatic carbocycles. The first kappa shape index (κ1) is 21.4. The summed E-state index contributed by atoms with van der Waals surface area (Å²) in [7, 11) is 1.59. The zero-order valence-electron chi connectivity index (χ0n) is 17.3. The Hall–Kier alpha value is -3.84. The van der Waals surface area contributed by atoms with E-state index in [-0.39, 0.29) is 24.7 Å². The molecule has 7 nitrogen and oxygen atoms in total. The normalized spacial score (nSPS) is 10.7. The molecule has 162 valence electrons. The van der Waals surface area contributed by atoms with Gasteiger partial charge in [0.1, 0.15) is 5.75 Å². The van der Waals surface area contributed by atoms with Crippen LogP contribution in [0.4, 0.5) is 10.5 Å². The number of anilines is 1. The van der Waals surface area contributed by atoms with Gasteiger partial charge in [-0.05, 0) is 54.1 Å². The van der Waals surface area contributed by atoms with Gasteiger partial charge in [0.15, 0.2) is 0 Å². The Morgan fingerprint density at radius 3 is 2.75 bits per heavy atom. The number of hydrogen-bond acceptors (Lipinski definition) is 4. The maximum absolute atomic E-state index is 13.1. The number of fused-ring (bicyclic) bond motifs is 1. The van der Waals surface area contributed by atoms with Crippen LogP contribution in [-0.4, -0.2) is 28.0 Å². The minimum absolute atomic E-state index is 0.101. The Balaban J connectivity index is 1.65. The number of halogens is 1. The lowest BCUT2D eigenvalue weighted by molar-refractivity contribution is 0.206. The van der Waals surface area contributed by atoms with E-state index in [9.17, 15) is 9.59 Å². The molecule has 0 aliphatic rings. The van der Waals surface area contributed by atoms with Crippen molar-refractivity contribution in [3.8, 4) is 5.75 Å². The van der Waals surface area contributed by atoms with E-state index in [4.69, 9.17) is 16.3 Å². The number of aromatic nitrogens is 2. The Labute approximate surface area is 189 Å². The molecule has 0 unspecified atom stereocenters. The fourth-order valence-electron chi connectivity index (χ4n) is 3.36. The maximum Gasteiger partial charge on any atom is 0.322 e. The van der Waals surface area contributed by atoms with Crippen molar-refractivity contribution in [3.05, 3.63) is 99.6 Å². The summed E-state index contributed by atoms with van der Waals surface area (Å²) >= 11 is 6.04. The SMILES string of the molecule is COc1ccc2[nH]c(=O)c(CN(Cc3cccnc3)C(=O)Nc3cccc(Cl)c3)cc2c1. The second-order valence-electron chi connectivity index (χ2n) is 7.23. The molecule has 2 aromatic carbocycles. The fraction of sp³-hybridized carbons (Fsp3) is 0.125. The highest BCUT2D eigenvalue weighted by Crippen LogP contribution is 2.20. The Morgan fingerprint density at radius 2 is 2.00 bits per heavy atom. The molecule has 2 heterocycles. The van der Waals surface area contributed by atoms with Crippen molar-refractivity contribution in [1.82, 2.24) is 14.9 Å². The average Bonchev–Trinajstić information content (AvgIpc) is 2.79. The second-order valence-corrected chi connectivity index (χ2v) is 7.67. The van der Waals surface area contributed by atoms with Gasteiger partial charge in [-0.3, -0.25) is 9.78 Å². The summed E-state index contributed by atoms with van der Waals surface area (Å²) in [6.45, 7) is 0.375. The van der Waals surface area contributed by atoms with E-state index in [0.29, 0.717) is 27.5 Å². The summed E-state index contributed by atoms with van der Waals surface area (Å²) in [5.41, 5.74) is 2.30. The molecule has 0 spiro atoms. The highest BCUT2D eigenvalue weighted by Gasteiger charge is 2.17. The number of nitrogens with zero attached hydrogens (tertiary/aromatic N) is 2. The van der Waals surface area contributed by atoms with Crippen LogP contribution in [0, 0.1) is 0 Å². The number of nitrogens with one attached hydrogen (secondary N) is 2. The van der Waals surface area contributed by atoms with Gasteiger partial charge in [-0.2, -0.15) is 0 Å². The number of pyridine rings is 2. The number of methoxy groups -OCH3 is 1. The largest absolute Gasteiger partial charge is 0.497 e. The van der Waals surface area contributed by atoms with Gasteiger partial charge in [0.25, 0.3) is 5.56 Å². The number of carbonyl (C=O) groups is 1. The lowest BCUT2D eigenvalue weighted by atomic mass is 10.1. The number of benzene rings is 2.